The second kappa shape index (κ2) is 6.18. The highest BCUT2D eigenvalue weighted by Crippen LogP contribution is 2.29. The molecule has 3 heterocycles. The third-order valence-electron chi connectivity index (χ3n) is 4.52. The molecule has 2 saturated heterocycles. The van der Waals surface area contributed by atoms with Crippen LogP contribution in [0.15, 0.2) is 16.8 Å². The van der Waals surface area contributed by atoms with Gasteiger partial charge in [-0.3, -0.25) is 0 Å². The van der Waals surface area contributed by atoms with Crippen molar-refractivity contribution in [1.82, 2.24) is 10.2 Å². The van der Waals surface area contributed by atoms with Gasteiger partial charge < -0.3 is 10.2 Å². The van der Waals surface area contributed by atoms with Gasteiger partial charge in [-0.05, 0) is 86.1 Å². The van der Waals surface area contributed by atoms with E-state index in [1.54, 1.807) is 5.56 Å². The number of rotatable bonds is 3. The lowest BCUT2D eigenvalue weighted by molar-refractivity contribution is 0.169. The van der Waals surface area contributed by atoms with Crippen molar-refractivity contribution >= 4 is 11.3 Å². The Hall–Kier alpha value is -0.380. The van der Waals surface area contributed by atoms with Crippen molar-refractivity contribution in [2.45, 2.75) is 31.6 Å². The summed E-state index contributed by atoms with van der Waals surface area (Å²) in [5, 5.41) is 8.09. The van der Waals surface area contributed by atoms with E-state index in [4.69, 9.17) is 0 Å². The molecule has 3 rings (SSSR count). The number of nitrogens with one attached hydrogen (secondary N) is 1. The highest BCUT2D eigenvalue weighted by atomic mass is 32.1. The fourth-order valence-corrected chi connectivity index (χ4v) is 4.14. The molecule has 2 aliphatic heterocycles. The van der Waals surface area contributed by atoms with Gasteiger partial charge in [0.15, 0.2) is 0 Å². The summed E-state index contributed by atoms with van der Waals surface area (Å²) in [7, 11) is 0. The van der Waals surface area contributed by atoms with Crippen molar-refractivity contribution in [2.75, 3.05) is 32.7 Å². The van der Waals surface area contributed by atoms with Gasteiger partial charge in [0.1, 0.15) is 0 Å². The van der Waals surface area contributed by atoms with Crippen LogP contribution < -0.4 is 5.32 Å². The maximum absolute atomic E-state index is 3.53. The minimum Gasteiger partial charge on any atom is -0.316 e. The highest BCUT2D eigenvalue weighted by molar-refractivity contribution is 7.07. The van der Waals surface area contributed by atoms with Crippen molar-refractivity contribution in [3.8, 4) is 0 Å². The maximum atomic E-state index is 3.53. The first-order chi connectivity index (χ1) is 8.92. The van der Waals surface area contributed by atoms with E-state index in [2.05, 4.69) is 27.0 Å². The Balaban J connectivity index is 1.45. The summed E-state index contributed by atoms with van der Waals surface area (Å²) in [4.78, 5) is 2.69. The van der Waals surface area contributed by atoms with Gasteiger partial charge in [0.2, 0.25) is 0 Å². The molecule has 18 heavy (non-hydrogen) atoms. The number of piperidine rings is 2. The molecule has 1 atom stereocenters. The maximum Gasteiger partial charge on any atom is 0.00218 e. The van der Waals surface area contributed by atoms with Crippen molar-refractivity contribution in [3.63, 3.8) is 0 Å². The SMILES string of the molecule is c1cc(C2CCN(CC3CCCNC3)CC2)cs1. The Bertz CT molecular complexity index is 335. The predicted octanol–water partition coefficient (Wildman–Crippen LogP) is 2.93. The molecule has 0 spiro atoms. The minimum atomic E-state index is 0.831. The molecule has 2 fully saturated rings. The molecule has 3 heteroatoms. The predicted molar refractivity (Wildman–Crippen MR) is 78.3 cm³/mol. The first-order valence-corrected chi connectivity index (χ1v) is 8.31. The second-order valence-corrected chi connectivity index (χ2v) is 6.62. The zero-order valence-corrected chi connectivity index (χ0v) is 11.9. The molecule has 100 valence electrons. The molecule has 0 bridgehead atoms. The van der Waals surface area contributed by atoms with E-state index in [-0.39, 0.29) is 0 Å². The molecule has 1 aromatic rings. The van der Waals surface area contributed by atoms with E-state index < -0.39 is 0 Å². The standard InChI is InChI=1S/C15H24N2S/c1-2-13(10-16-6-1)11-17-7-3-14(4-8-17)15-5-9-18-12-15/h5,9,12-14,16H,1-4,6-8,10-11H2. The molecular weight excluding hydrogens is 240 g/mol. The van der Waals surface area contributed by atoms with Crippen LogP contribution in [0.3, 0.4) is 0 Å². The molecule has 2 nitrogen and oxygen atoms in total. The monoisotopic (exact) mass is 264 g/mol. The lowest BCUT2D eigenvalue weighted by Crippen LogP contribution is -2.41. The molecule has 0 amide bonds. The molecule has 0 saturated carbocycles. The fraction of sp³-hybridized carbons (Fsp3) is 0.733. The van der Waals surface area contributed by atoms with Crippen LogP contribution in [0.1, 0.15) is 37.2 Å². The van der Waals surface area contributed by atoms with Crippen LogP contribution in [0.25, 0.3) is 0 Å². The van der Waals surface area contributed by atoms with Crippen molar-refractivity contribution < 1.29 is 0 Å². The smallest absolute Gasteiger partial charge is 0.00218 e. The molecule has 2 aliphatic rings. The average Bonchev–Trinajstić information content (AvgIpc) is 2.95. The highest BCUT2D eigenvalue weighted by Gasteiger charge is 2.23. The van der Waals surface area contributed by atoms with Gasteiger partial charge in [0.25, 0.3) is 0 Å². The van der Waals surface area contributed by atoms with E-state index in [1.165, 1.54) is 58.4 Å². The summed E-state index contributed by atoms with van der Waals surface area (Å²) in [6.45, 7) is 6.40. The van der Waals surface area contributed by atoms with Crippen LogP contribution in [0.4, 0.5) is 0 Å². The molecule has 0 radical (unpaired) electrons. The Kier molecular flexibility index (Phi) is 4.34. The largest absolute Gasteiger partial charge is 0.316 e. The van der Waals surface area contributed by atoms with Crippen LogP contribution in [0, 0.1) is 5.92 Å². The van der Waals surface area contributed by atoms with Crippen molar-refractivity contribution in [3.05, 3.63) is 22.4 Å². The van der Waals surface area contributed by atoms with Crippen molar-refractivity contribution in [1.29, 1.82) is 0 Å². The first kappa shape index (κ1) is 12.6. The first-order valence-electron chi connectivity index (χ1n) is 7.37. The van der Waals surface area contributed by atoms with E-state index in [0.29, 0.717) is 0 Å². The van der Waals surface area contributed by atoms with Gasteiger partial charge in [-0.25, -0.2) is 0 Å². The number of hydrogen-bond acceptors (Lipinski definition) is 3. The third kappa shape index (κ3) is 3.14. The number of likely N-dealkylation sites (tertiary alicyclic amines) is 1. The lowest BCUT2D eigenvalue weighted by atomic mass is 9.90. The summed E-state index contributed by atoms with van der Waals surface area (Å²) in [5.41, 5.74) is 1.58. The quantitative estimate of drug-likeness (QED) is 0.903. The average molecular weight is 264 g/mol. The van der Waals surface area contributed by atoms with Gasteiger partial charge in [-0.15, -0.1) is 0 Å². The normalized spacial score (nSPS) is 27.4. The van der Waals surface area contributed by atoms with Gasteiger partial charge in [-0.1, -0.05) is 0 Å². The number of hydrogen-bond donors (Lipinski definition) is 1. The molecule has 0 aliphatic carbocycles. The lowest BCUT2D eigenvalue weighted by Gasteiger charge is -2.35. The Morgan fingerprint density at radius 3 is 2.83 bits per heavy atom. The molecular formula is C15H24N2S. The van der Waals surface area contributed by atoms with Crippen LogP contribution >= 0.6 is 11.3 Å². The molecule has 1 unspecified atom stereocenters. The molecule has 1 aromatic heterocycles. The van der Waals surface area contributed by atoms with Gasteiger partial charge >= 0.3 is 0 Å². The van der Waals surface area contributed by atoms with Crippen LogP contribution in [0.2, 0.25) is 0 Å². The summed E-state index contributed by atoms with van der Waals surface area (Å²) >= 11 is 1.84. The number of nitrogens with zero attached hydrogens (tertiary/aromatic N) is 1. The molecule has 0 aromatic carbocycles. The van der Waals surface area contributed by atoms with Gasteiger partial charge in [0.05, 0.1) is 0 Å². The second-order valence-electron chi connectivity index (χ2n) is 5.84. The fourth-order valence-electron chi connectivity index (χ4n) is 3.40. The summed E-state index contributed by atoms with van der Waals surface area (Å²) < 4.78 is 0. The Morgan fingerprint density at radius 2 is 2.17 bits per heavy atom. The zero-order valence-electron chi connectivity index (χ0n) is 11.1. The summed E-state index contributed by atoms with van der Waals surface area (Å²) in [6.07, 6.45) is 5.52. The Labute approximate surface area is 114 Å². The van der Waals surface area contributed by atoms with Crippen LogP contribution in [-0.2, 0) is 0 Å². The summed E-state index contributed by atoms with van der Waals surface area (Å²) in [5.74, 6) is 1.73. The van der Waals surface area contributed by atoms with Crippen LogP contribution in [-0.4, -0.2) is 37.6 Å². The molecule has 1 N–H and O–H groups in total. The van der Waals surface area contributed by atoms with E-state index in [0.717, 1.165) is 11.8 Å². The minimum absolute atomic E-state index is 0.831. The third-order valence-corrected chi connectivity index (χ3v) is 5.22. The van der Waals surface area contributed by atoms with Gasteiger partial charge in [0, 0.05) is 6.54 Å². The topological polar surface area (TPSA) is 15.3 Å². The number of thiophene rings is 1. The van der Waals surface area contributed by atoms with Gasteiger partial charge in [-0.2, -0.15) is 11.3 Å². The van der Waals surface area contributed by atoms with Crippen LogP contribution in [0.5, 0.6) is 0 Å². The van der Waals surface area contributed by atoms with E-state index >= 15 is 0 Å². The zero-order chi connectivity index (χ0) is 12.2. The Morgan fingerprint density at radius 1 is 1.28 bits per heavy atom. The van der Waals surface area contributed by atoms with E-state index in [1.807, 2.05) is 11.3 Å². The van der Waals surface area contributed by atoms with Crippen molar-refractivity contribution in [2.24, 2.45) is 5.92 Å². The summed E-state index contributed by atoms with van der Waals surface area (Å²) in [6, 6.07) is 2.32. The van der Waals surface area contributed by atoms with E-state index in [9.17, 15) is 0 Å².